The van der Waals surface area contributed by atoms with E-state index in [0.717, 1.165) is 32.4 Å². The Morgan fingerprint density at radius 2 is 1.90 bits per heavy atom. The van der Waals surface area contributed by atoms with Gasteiger partial charge < -0.3 is 14.9 Å². The SMILES string of the molecule is CCC1(CC)CCN(C(=O)N(CC(=O)O)CC(C)C)C1. The van der Waals surface area contributed by atoms with Gasteiger partial charge in [0, 0.05) is 19.6 Å². The molecule has 2 amide bonds. The summed E-state index contributed by atoms with van der Waals surface area (Å²) in [6, 6.07) is -0.120. The molecule has 0 bridgehead atoms. The van der Waals surface area contributed by atoms with Crippen LogP contribution in [0.25, 0.3) is 0 Å². The van der Waals surface area contributed by atoms with Gasteiger partial charge in [-0.3, -0.25) is 4.79 Å². The Labute approximate surface area is 121 Å². The fourth-order valence-electron chi connectivity index (χ4n) is 2.94. The summed E-state index contributed by atoms with van der Waals surface area (Å²) in [7, 11) is 0. The van der Waals surface area contributed by atoms with Crippen LogP contribution in [0.1, 0.15) is 47.0 Å². The molecule has 5 nitrogen and oxygen atoms in total. The summed E-state index contributed by atoms with van der Waals surface area (Å²) in [4.78, 5) is 26.8. The van der Waals surface area contributed by atoms with Gasteiger partial charge >= 0.3 is 12.0 Å². The van der Waals surface area contributed by atoms with Crippen molar-refractivity contribution >= 4 is 12.0 Å². The number of hydrogen-bond donors (Lipinski definition) is 1. The van der Waals surface area contributed by atoms with Crippen LogP contribution in [0, 0.1) is 11.3 Å². The number of hydrogen-bond acceptors (Lipinski definition) is 2. The molecule has 20 heavy (non-hydrogen) atoms. The third kappa shape index (κ3) is 4.12. The summed E-state index contributed by atoms with van der Waals surface area (Å²) in [6.07, 6.45) is 3.15. The van der Waals surface area contributed by atoms with Gasteiger partial charge in [-0.25, -0.2) is 4.79 Å². The first-order valence-electron chi connectivity index (χ1n) is 7.59. The summed E-state index contributed by atoms with van der Waals surface area (Å²) in [5.74, 6) is -0.682. The van der Waals surface area contributed by atoms with Crippen molar-refractivity contribution in [3.63, 3.8) is 0 Å². The van der Waals surface area contributed by atoms with E-state index < -0.39 is 5.97 Å². The summed E-state index contributed by atoms with van der Waals surface area (Å²) in [5, 5.41) is 8.97. The van der Waals surface area contributed by atoms with Crippen LogP contribution in [0.4, 0.5) is 4.79 Å². The van der Waals surface area contributed by atoms with Crippen molar-refractivity contribution in [3.05, 3.63) is 0 Å². The van der Waals surface area contributed by atoms with Crippen molar-refractivity contribution in [2.75, 3.05) is 26.2 Å². The van der Waals surface area contributed by atoms with Crippen LogP contribution >= 0.6 is 0 Å². The second-order valence-electron chi connectivity index (χ2n) is 6.33. The first-order chi connectivity index (χ1) is 9.33. The van der Waals surface area contributed by atoms with E-state index in [1.54, 1.807) is 0 Å². The van der Waals surface area contributed by atoms with Gasteiger partial charge in [-0.1, -0.05) is 27.7 Å². The fourth-order valence-corrected chi connectivity index (χ4v) is 2.94. The highest BCUT2D eigenvalue weighted by Gasteiger charge is 2.38. The van der Waals surface area contributed by atoms with E-state index in [0.29, 0.717) is 6.54 Å². The van der Waals surface area contributed by atoms with Crippen molar-refractivity contribution in [1.82, 2.24) is 9.80 Å². The molecule has 1 fully saturated rings. The van der Waals surface area contributed by atoms with Crippen molar-refractivity contribution in [1.29, 1.82) is 0 Å². The van der Waals surface area contributed by atoms with Gasteiger partial charge in [-0.2, -0.15) is 0 Å². The van der Waals surface area contributed by atoms with E-state index in [9.17, 15) is 9.59 Å². The lowest BCUT2D eigenvalue weighted by Gasteiger charge is -2.30. The second kappa shape index (κ2) is 6.95. The van der Waals surface area contributed by atoms with Crippen LogP contribution in [0.5, 0.6) is 0 Å². The molecule has 0 aromatic rings. The maximum absolute atomic E-state index is 12.5. The van der Waals surface area contributed by atoms with Gasteiger partial charge in [0.25, 0.3) is 0 Å². The number of aliphatic carboxylic acids is 1. The largest absolute Gasteiger partial charge is 0.480 e. The predicted octanol–water partition coefficient (Wildman–Crippen LogP) is 2.66. The molecule has 0 radical (unpaired) electrons. The van der Waals surface area contributed by atoms with Gasteiger partial charge in [0.1, 0.15) is 6.54 Å². The number of carboxylic acid groups (broad SMARTS) is 1. The van der Waals surface area contributed by atoms with Gasteiger partial charge in [-0.15, -0.1) is 0 Å². The predicted molar refractivity (Wildman–Crippen MR) is 78.6 cm³/mol. The number of carboxylic acids is 1. The molecule has 0 saturated carbocycles. The van der Waals surface area contributed by atoms with Crippen LogP contribution in [0.3, 0.4) is 0 Å². The van der Waals surface area contributed by atoms with E-state index in [4.69, 9.17) is 5.11 Å². The molecular formula is C15H28N2O3. The van der Waals surface area contributed by atoms with Crippen molar-refractivity contribution in [2.45, 2.75) is 47.0 Å². The highest BCUT2D eigenvalue weighted by Crippen LogP contribution is 2.37. The molecule has 116 valence electrons. The Bertz CT molecular complexity index is 351. The van der Waals surface area contributed by atoms with Crippen LogP contribution in [-0.4, -0.2) is 53.1 Å². The fraction of sp³-hybridized carbons (Fsp3) is 0.867. The minimum absolute atomic E-state index is 0.120. The van der Waals surface area contributed by atoms with Crippen LogP contribution in [-0.2, 0) is 4.79 Å². The van der Waals surface area contributed by atoms with Crippen molar-refractivity contribution in [3.8, 4) is 0 Å². The average molecular weight is 284 g/mol. The van der Waals surface area contributed by atoms with Crippen LogP contribution < -0.4 is 0 Å². The van der Waals surface area contributed by atoms with E-state index in [1.165, 1.54) is 4.90 Å². The van der Waals surface area contributed by atoms with E-state index >= 15 is 0 Å². The lowest BCUT2D eigenvalue weighted by Crippen LogP contribution is -2.46. The Morgan fingerprint density at radius 1 is 1.30 bits per heavy atom. The van der Waals surface area contributed by atoms with E-state index in [2.05, 4.69) is 13.8 Å². The highest BCUT2D eigenvalue weighted by molar-refractivity contribution is 5.80. The Balaban J connectivity index is 2.73. The Kier molecular flexibility index (Phi) is 5.84. The number of carbonyl (C=O) groups is 2. The Hall–Kier alpha value is -1.26. The first-order valence-corrected chi connectivity index (χ1v) is 7.59. The van der Waals surface area contributed by atoms with Gasteiger partial charge in [0.15, 0.2) is 0 Å². The molecule has 1 heterocycles. The zero-order chi connectivity index (χ0) is 15.3. The molecule has 5 heteroatoms. The standard InChI is InChI=1S/C15H28N2O3/c1-5-15(6-2)7-8-16(11-15)14(20)17(9-12(3)4)10-13(18)19/h12H,5-11H2,1-4H3,(H,18,19). The van der Waals surface area contributed by atoms with Crippen molar-refractivity contribution < 1.29 is 14.7 Å². The normalized spacial score (nSPS) is 17.6. The number of amides is 2. The lowest BCUT2D eigenvalue weighted by atomic mass is 9.82. The topological polar surface area (TPSA) is 60.9 Å². The summed E-state index contributed by atoms with van der Waals surface area (Å²) < 4.78 is 0. The molecule has 0 atom stereocenters. The number of carbonyl (C=O) groups excluding carboxylic acids is 1. The molecule has 0 aliphatic carbocycles. The van der Waals surface area contributed by atoms with Gasteiger partial charge in [-0.05, 0) is 30.6 Å². The first kappa shape index (κ1) is 16.8. The lowest BCUT2D eigenvalue weighted by molar-refractivity contribution is -0.137. The third-order valence-electron chi connectivity index (χ3n) is 4.39. The molecule has 0 aromatic heterocycles. The van der Waals surface area contributed by atoms with E-state index in [-0.39, 0.29) is 23.9 Å². The van der Waals surface area contributed by atoms with Crippen LogP contribution in [0.2, 0.25) is 0 Å². The number of likely N-dealkylation sites (tertiary alicyclic amines) is 1. The molecule has 1 aliphatic heterocycles. The number of urea groups is 1. The molecule has 1 rings (SSSR count). The monoisotopic (exact) mass is 284 g/mol. The number of rotatable bonds is 6. The minimum Gasteiger partial charge on any atom is -0.480 e. The average Bonchev–Trinajstić information content (AvgIpc) is 2.81. The highest BCUT2D eigenvalue weighted by atomic mass is 16.4. The second-order valence-corrected chi connectivity index (χ2v) is 6.33. The third-order valence-corrected chi connectivity index (χ3v) is 4.39. The minimum atomic E-state index is -0.949. The van der Waals surface area contributed by atoms with Gasteiger partial charge in [0.2, 0.25) is 0 Å². The summed E-state index contributed by atoms with van der Waals surface area (Å²) in [5.41, 5.74) is 0.225. The molecule has 0 aromatic carbocycles. The molecule has 0 spiro atoms. The molecule has 1 N–H and O–H groups in total. The van der Waals surface area contributed by atoms with Crippen molar-refractivity contribution in [2.24, 2.45) is 11.3 Å². The molecular weight excluding hydrogens is 256 g/mol. The molecule has 0 unspecified atom stereocenters. The zero-order valence-corrected chi connectivity index (χ0v) is 13.2. The Morgan fingerprint density at radius 3 is 2.30 bits per heavy atom. The smallest absolute Gasteiger partial charge is 0.323 e. The summed E-state index contributed by atoms with van der Waals surface area (Å²) >= 11 is 0. The maximum atomic E-state index is 12.5. The molecule has 1 aliphatic rings. The maximum Gasteiger partial charge on any atom is 0.323 e. The number of nitrogens with zero attached hydrogens (tertiary/aromatic N) is 2. The summed E-state index contributed by atoms with van der Waals surface area (Å²) in [6.45, 7) is 10.1. The zero-order valence-electron chi connectivity index (χ0n) is 13.2. The van der Waals surface area contributed by atoms with Gasteiger partial charge in [0.05, 0.1) is 0 Å². The van der Waals surface area contributed by atoms with Crippen LogP contribution in [0.15, 0.2) is 0 Å². The van der Waals surface area contributed by atoms with E-state index in [1.807, 2.05) is 18.7 Å². The quantitative estimate of drug-likeness (QED) is 0.815. The molecule has 1 saturated heterocycles.